The van der Waals surface area contributed by atoms with Crippen LogP contribution >= 0.6 is 0 Å². The first-order valence-corrected chi connectivity index (χ1v) is 10.3. The highest BCUT2D eigenvalue weighted by Crippen LogP contribution is 2.39. The minimum Gasteiger partial charge on any atom is -0.508 e. The normalized spacial score (nSPS) is 12.1. The van der Waals surface area contributed by atoms with Gasteiger partial charge in [-0.05, 0) is 34.1 Å². The Morgan fingerprint density at radius 1 is 1.03 bits per heavy atom. The molecule has 0 bridgehead atoms. The highest BCUT2D eigenvalue weighted by Gasteiger charge is 2.27. The lowest BCUT2D eigenvalue weighted by Gasteiger charge is -2.28. The summed E-state index contributed by atoms with van der Waals surface area (Å²) in [6.07, 6.45) is 1.29. The van der Waals surface area contributed by atoms with Crippen LogP contribution in [0.5, 0.6) is 11.5 Å². The highest BCUT2D eigenvalue weighted by molar-refractivity contribution is 6.06. The third-order valence-electron chi connectivity index (χ3n) is 5.40. The number of carbonyl (C=O) groups excluding carboxylic acids is 1. The maximum atomic E-state index is 14.1. The van der Waals surface area contributed by atoms with E-state index in [1.807, 2.05) is 47.6 Å². The van der Waals surface area contributed by atoms with Gasteiger partial charge in [0.15, 0.2) is 11.6 Å². The van der Waals surface area contributed by atoms with Crippen molar-refractivity contribution < 1.29 is 19.0 Å². The number of aromatic hydroxyl groups is 1. The van der Waals surface area contributed by atoms with E-state index in [-0.39, 0.29) is 33.3 Å². The van der Waals surface area contributed by atoms with Crippen LogP contribution in [0.15, 0.2) is 35.3 Å². The van der Waals surface area contributed by atoms with Crippen molar-refractivity contribution in [3.05, 3.63) is 63.2 Å². The summed E-state index contributed by atoms with van der Waals surface area (Å²) in [6.45, 7) is 12.0. The Kier molecular flexibility index (Phi) is 5.80. The zero-order valence-corrected chi connectivity index (χ0v) is 19.4. The average Bonchev–Trinajstić information content (AvgIpc) is 2.66. The van der Waals surface area contributed by atoms with E-state index in [0.29, 0.717) is 11.2 Å². The van der Waals surface area contributed by atoms with Gasteiger partial charge in [0.1, 0.15) is 11.3 Å². The quantitative estimate of drug-likeness (QED) is 0.520. The first-order valence-electron chi connectivity index (χ1n) is 10.3. The number of aromatic nitrogens is 1. The molecule has 32 heavy (non-hydrogen) atoms. The summed E-state index contributed by atoms with van der Waals surface area (Å²) in [5, 5.41) is 13.4. The first kappa shape index (κ1) is 23.3. The molecule has 7 heteroatoms. The van der Waals surface area contributed by atoms with Crippen LogP contribution in [0, 0.1) is 5.82 Å². The molecule has 3 aromatic rings. The Morgan fingerprint density at radius 2 is 1.66 bits per heavy atom. The zero-order valence-electron chi connectivity index (χ0n) is 19.4. The number of phenolic OH excluding ortho intramolecular Hbond substituents is 1. The van der Waals surface area contributed by atoms with Crippen LogP contribution in [-0.4, -0.2) is 23.1 Å². The fourth-order valence-corrected chi connectivity index (χ4v) is 3.65. The minimum atomic E-state index is -0.694. The van der Waals surface area contributed by atoms with Crippen LogP contribution < -0.4 is 15.5 Å². The fraction of sp³-hybridized carbons (Fsp3) is 0.360. The lowest BCUT2D eigenvalue weighted by molar-refractivity contribution is 0.102. The number of phenols is 1. The van der Waals surface area contributed by atoms with Crippen molar-refractivity contribution >= 4 is 22.5 Å². The van der Waals surface area contributed by atoms with E-state index in [1.54, 1.807) is 0 Å². The molecule has 0 radical (unpaired) electrons. The molecule has 3 rings (SSSR count). The number of pyridine rings is 1. The van der Waals surface area contributed by atoms with E-state index in [4.69, 9.17) is 4.74 Å². The van der Waals surface area contributed by atoms with Gasteiger partial charge in [-0.15, -0.1) is 0 Å². The molecule has 0 saturated carbocycles. The molecule has 0 saturated heterocycles. The Bertz CT molecular complexity index is 1260. The summed E-state index contributed by atoms with van der Waals surface area (Å²) in [5.41, 5.74) is 0.932. The van der Waals surface area contributed by atoms with Crippen molar-refractivity contribution in [2.75, 3.05) is 12.4 Å². The lowest BCUT2D eigenvalue weighted by atomic mass is 9.79. The molecule has 0 fully saturated rings. The molecule has 1 heterocycles. The number of nitrogens with one attached hydrogen (secondary N) is 2. The molecular weight excluding hydrogens is 411 g/mol. The standard InChI is InChI=1S/C25H29FN2O4/c1-24(2,3)15-9-16(25(4,5)6)20(29)10-19(15)28-23(31)14-12-27-18-11-21(32-7)17(26)8-13(18)22(14)30/h8-12,29H,1-7H3,(H,27,30)(H,28,31). The molecule has 3 N–H and O–H groups in total. The van der Waals surface area contributed by atoms with Crippen LogP contribution in [-0.2, 0) is 10.8 Å². The van der Waals surface area contributed by atoms with Crippen LogP contribution in [0.1, 0.15) is 63.0 Å². The van der Waals surface area contributed by atoms with Crippen molar-refractivity contribution in [3.8, 4) is 11.5 Å². The number of carbonyl (C=O) groups is 1. The number of amides is 1. The van der Waals surface area contributed by atoms with Gasteiger partial charge in [0.2, 0.25) is 5.43 Å². The van der Waals surface area contributed by atoms with Gasteiger partial charge in [0.25, 0.3) is 5.91 Å². The largest absolute Gasteiger partial charge is 0.508 e. The van der Waals surface area contributed by atoms with Crippen LogP contribution in [0.25, 0.3) is 10.9 Å². The predicted molar refractivity (Wildman–Crippen MR) is 125 cm³/mol. The van der Waals surface area contributed by atoms with E-state index in [1.165, 1.54) is 25.4 Å². The SMILES string of the molecule is COc1cc2[nH]cc(C(=O)Nc3cc(O)c(C(C)(C)C)cc3C(C)(C)C)c(=O)c2cc1F. The summed E-state index contributed by atoms with van der Waals surface area (Å²) in [6, 6.07) is 5.82. The molecular formula is C25H29FN2O4. The van der Waals surface area contributed by atoms with Crippen molar-refractivity contribution in [2.45, 2.75) is 52.4 Å². The number of methoxy groups -OCH3 is 1. The molecule has 0 aliphatic carbocycles. The Hall–Kier alpha value is -3.35. The summed E-state index contributed by atoms with van der Waals surface area (Å²) in [4.78, 5) is 28.8. The maximum Gasteiger partial charge on any atom is 0.261 e. The summed E-state index contributed by atoms with van der Waals surface area (Å²) in [5.74, 6) is -1.30. The second-order valence-corrected chi connectivity index (χ2v) is 9.93. The molecule has 0 unspecified atom stereocenters. The smallest absolute Gasteiger partial charge is 0.261 e. The van der Waals surface area contributed by atoms with E-state index in [2.05, 4.69) is 10.3 Å². The van der Waals surface area contributed by atoms with E-state index < -0.39 is 17.2 Å². The molecule has 2 aromatic carbocycles. The predicted octanol–water partition coefficient (Wildman–Crippen LogP) is 5.23. The van der Waals surface area contributed by atoms with E-state index in [9.17, 15) is 19.1 Å². The number of ether oxygens (including phenoxy) is 1. The number of hydrogen-bond donors (Lipinski definition) is 3. The Balaban J connectivity index is 2.09. The van der Waals surface area contributed by atoms with Gasteiger partial charge in [0, 0.05) is 29.4 Å². The number of benzene rings is 2. The van der Waals surface area contributed by atoms with E-state index >= 15 is 0 Å². The number of rotatable bonds is 3. The van der Waals surface area contributed by atoms with Crippen molar-refractivity contribution in [3.63, 3.8) is 0 Å². The summed E-state index contributed by atoms with van der Waals surface area (Å²) >= 11 is 0. The zero-order chi connectivity index (χ0) is 24.0. The fourth-order valence-electron chi connectivity index (χ4n) is 3.65. The maximum absolute atomic E-state index is 14.1. The molecule has 1 aromatic heterocycles. The number of hydrogen-bond acceptors (Lipinski definition) is 4. The van der Waals surface area contributed by atoms with Crippen molar-refractivity contribution in [1.82, 2.24) is 4.98 Å². The molecule has 170 valence electrons. The van der Waals surface area contributed by atoms with Gasteiger partial charge in [-0.1, -0.05) is 41.5 Å². The van der Waals surface area contributed by atoms with Gasteiger partial charge < -0.3 is 20.1 Å². The number of aromatic amines is 1. The summed E-state index contributed by atoms with van der Waals surface area (Å²) < 4.78 is 19.1. The Labute approximate surface area is 186 Å². The van der Waals surface area contributed by atoms with Gasteiger partial charge in [-0.25, -0.2) is 4.39 Å². The number of anilines is 1. The molecule has 1 amide bonds. The van der Waals surface area contributed by atoms with Crippen molar-refractivity contribution in [2.24, 2.45) is 0 Å². The van der Waals surface area contributed by atoms with Gasteiger partial charge in [-0.3, -0.25) is 9.59 Å². The van der Waals surface area contributed by atoms with E-state index in [0.717, 1.165) is 17.2 Å². The molecule has 6 nitrogen and oxygen atoms in total. The highest BCUT2D eigenvalue weighted by atomic mass is 19.1. The minimum absolute atomic E-state index is 0.00501. The molecule has 0 spiro atoms. The second-order valence-electron chi connectivity index (χ2n) is 9.93. The molecule has 0 aliphatic heterocycles. The molecule has 0 atom stereocenters. The Morgan fingerprint density at radius 3 is 2.22 bits per heavy atom. The second kappa shape index (κ2) is 7.97. The number of fused-ring (bicyclic) bond motifs is 1. The van der Waals surface area contributed by atoms with Gasteiger partial charge in [0.05, 0.1) is 12.6 Å². The third kappa shape index (κ3) is 4.33. The van der Waals surface area contributed by atoms with Crippen molar-refractivity contribution in [1.29, 1.82) is 0 Å². The lowest BCUT2D eigenvalue weighted by Crippen LogP contribution is -2.25. The number of H-pyrrole nitrogens is 1. The monoisotopic (exact) mass is 440 g/mol. The average molecular weight is 441 g/mol. The molecule has 0 aliphatic rings. The van der Waals surface area contributed by atoms with Gasteiger partial charge >= 0.3 is 0 Å². The first-order chi connectivity index (χ1) is 14.7. The number of halogens is 1. The van der Waals surface area contributed by atoms with Gasteiger partial charge in [-0.2, -0.15) is 0 Å². The summed E-state index contributed by atoms with van der Waals surface area (Å²) in [7, 11) is 1.33. The van der Waals surface area contributed by atoms with Crippen LogP contribution in [0.4, 0.5) is 10.1 Å². The van der Waals surface area contributed by atoms with Crippen LogP contribution in [0.2, 0.25) is 0 Å². The third-order valence-corrected chi connectivity index (χ3v) is 5.40. The van der Waals surface area contributed by atoms with Crippen LogP contribution in [0.3, 0.4) is 0 Å². The topological polar surface area (TPSA) is 91.4 Å².